The first-order chi connectivity index (χ1) is 10.1. The molecule has 0 aliphatic carbocycles. The normalized spacial score (nSPS) is 12.5. The van der Waals surface area contributed by atoms with Gasteiger partial charge in [-0.15, -0.1) is 5.10 Å². The minimum absolute atomic E-state index is 0.115. The lowest BCUT2D eigenvalue weighted by atomic mass is 10.0. The second-order valence-electron chi connectivity index (χ2n) is 5.36. The third-order valence-electron chi connectivity index (χ3n) is 3.62. The van der Waals surface area contributed by atoms with Crippen molar-refractivity contribution in [2.24, 2.45) is 0 Å². The van der Waals surface area contributed by atoms with Crippen LogP contribution in [0, 0.1) is 6.92 Å². The Hall–Kier alpha value is -2.49. The summed E-state index contributed by atoms with van der Waals surface area (Å²) in [5, 5.41) is 8.45. The molecule has 0 saturated heterocycles. The van der Waals surface area contributed by atoms with Gasteiger partial charge in [-0.25, -0.2) is 4.68 Å². The highest BCUT2D eigenvalue weighted by Crippen LogP contribution is 2.25. The minimum atomic E-state index is -0.115. The number of carbonyl (C=O) groups is 1. The molecule has 0 spiro atoms. The average molecular weight is 279 g/mol. The van der Waals surface area contributed by atoms with E-state index in [4.69, 9.17) is 0 Å². The first-order valence-electron chi connectivity index (χ1n) is 7.01. The fourth-order valence-corrected chi connectivity index (χ4v) is 2.52. The monoisotopic (exact) mass is 279 g/mol. The molecule has 4 heteroatoms. The van der Waals surface area contributed by atoms with Crippen molar-refractivity contribution in [1.82, 2.24) is 15.0 Å². The van der Waals surface area contributed by atoms with Crippen molar-refractivity contribution in [3.8, 4) is 0 Å². The summed E-state index contributed by atoms with van der Waals surface area (Å²) < 4.78 is 1.85. The number of para-hydroxylation sites is 1. The summed E-state index contributed by atoms with van der Waals surface area (Å²) in [5.41, 5.74) is 4.07. The summed E-state index contributed by atoms with van der Waals surface area (Å²) in [6, 6.07) is 15.9. The molecule has 0 fully saturated rings. The van der Waals surface area contributed by atoms with Crippen LogP contribution < -0.4 is 0 Å². The molecule has 106 valence electrons. The van der Waals surface area contributed by atoms with Crippen LogP contribution in [-0.4, -0.2) is 20.8 Å². The van der Waals surface area contributed by atoms with Crippen LogP contribution in [0.25, 0.3) is 11.0 Å². The summed E-state index contributed by atoms with van der Waals surface area (Å²) in [5.74, 6) is 0.139. The Morgan fingerprint density at radius 1 is 1.14 bits per heavy atom. The van der Waals surface area contributed by atoms with Crippen molar-refractivity contribution in [2.45, 2.75) is 26.3 Å². The molecule has 3 rings (SSSR count). The number of hydrogen-bond donors (Lipinski definition) is 0. The molecule has 0 unspecified atom stereocenters. The van der Waals surface area contributed by atoms with Gasteiger partial charge in [0, 0.05) is 6.42 Å². The lowest BCUT2D eigenvalue weighted by Crippen LogP contribution is -2.15. The van der Waals surface area contributed by atoms with Crippen LogP contribution in [-0.2, 0) is 4.79 Å². The van der Waals surface area contributed by atoms with Gasteiger partial charge in [0.25, 0.3) is 0 Å². The lowest BCUT2D eigenvalue weighted by molar-refractivity contribution is -0.117. The van der Waals surface area contributed by atoms with E-state index in [1.54, 1.807) is 6.92 Å². The van der Waals surface area contributed by atoms with Gasteiger partial charge in [0.05, 0.1) is 11.6 Å². The minimum Gasteiger partial charge on any atom is -0.300 e. The zero-order chi connectivity index (χ0) is 14.8. The Balaban J connectivity index is 2.11. The Morgan fingerprint density at radius 2 is 1.86 bits per heavy atom. The molecule has 1 heterocycles. The van der Waals surface area contributed by atoms with E-state index in [1.807, 2.05) is 28.9 Å². The molecule has 4 nitrogen and oxygen atoms in total. The summed E-state index contributed by atoms with van der Waals surface area (Å²) in [7, 11) is 0. The standard InChI is InChI=1S/C17H17N3O/c1-12-7-9-14(10-8-12)17(11-13(2)21)20-16-6-4-3-5-15(16)18-19-20/h3-10,17H,11H2,1-2H3/t17-/m1/s1. The highest BCUT2D eigenvalue weighted by Gasteiger charge is 2.19. The molecule has 0 saturated carbocycles. The molecule has 2 aromatic carbocycles. The van der Waals surface area contributed by atoms with Gasteiger partial charge < -0.3 is 0 Å². The number of carbonyl (C=O) groups excluding carboxylic acids is 1. The number of rotatable bonds is 4. The number of benzene rings is 2. The zero-order valence-electron chi connectivity index (χ0n) is 12.2. The molecule has 0 aliphatic heterocycles. The van der Waals surface area contributed by atoms with Crippen molar-refractivity contribution in [1.29, 1.82) is 0 Å². The number of hydrogen-bond acceptors (Lipinski definition) is 3. The number of fused-ring (bicyclic) bond motifs is 1. The van der Waals surface area contributed by atoms with E-state index in [0.717, 1.165) is 16.6 Å². The van der Waals surface area contributed by atoms with Crippen LogP contribution >= 0.6 is 0 Å². The van der Waals surface area contributed by atoms with Crippen LogP contribution in [0.5, 0.6) is 0 Å². The van der Waals surface area contributed by atoms with Crippen molar-refractivity contribution in [3.63, 3.8) is 0 Å². The first kappa shape index (κ1) is 13.5. The molecule has 1 aromatic heterocycles. The maximum absolute atomic E-state index is 11.7. The molecular formula is C17H17N3O. The van der Waals surface area contributed by atoms with Crippen LogP contribution in [0.1, 0.15) is 30.5 Å². The van der Waals surface area contributed by atoms with E-state index in [0.29, 0.717) is 6.42 Å². The third-order valence-corrected chi connectivity index (χ3v) is 3.62. The maximum Gasteiger partial charge on any atom is 0.132 e. The highest BCUT2D eigenvalue weighted by atomic mass is 16.1. The van der Waals surface area contributed by atoms with Crippen LogP contribution in [0.4, 0.5) is 0 Å². The summed E-state index contributed by atoms with van der Waals surface area (Å²) in [4.78, 5) is 11.7. The molecular weight excluding hydrogens is 262 g/mol. The molecule has 1 atom stereocenters. The predicted molar refractivity (Wildman–Crippen MR) is 82.1 cm³/mol. The molecule has 21 heavy (non-hydrogen) atoms. The molecule has 0 amide bonds. The van der Waals surface area contributed by atoms with Gasteiger partial charge in [-0.2, -0.15) is 0 Å². The van der Waals surface area contributed by atoms with E-state index < -0.39 is 0 Å². The quantitative estimate of drug-likeness (QED) is 0.736. The average Bonchev–Trinajstić information content (AvgIpc) is 2.89. The fraction of sp³-hybridized carbons (Fsp3) is 0.235. The summed E-state index contributed by atoms with van der Waals surface area (Å²) >= 11 is 0. The van der Waals surface area contributed by atoms with Crippen molar-refractivity contribution in [3.05, 3.63) is 59.7 Å². The zero-order valence-corrected chi connectivity index (χ0v) is 12.2. The van der Waals surface area contributed by atoms with Crippen molar-refractivity contribution >= 4 is 16.8 Å². The second-order valence-corrected chi connectivity index (χ2v) is 5.36. The van der Waals surface area contributed by atoms with Gasteiger partial charge in [-0.3, -0.25) is 4.79 Å². The van der Waals surface area contributed by atoms with Gasteiger partial charge >= 0.3 is 0 Å². The van der Waals surface area contributed by atoms with E-state index in [1.165, 1.54) is 5.56 Å². The summed E-state index contributed by atoms with van der Waals surface area (Å²) in [6.07, 6.45) is 0.413. The van der Waals surface area contributed by atoms with E-state index in [-0.39, 0.29) is 11.8 Å². The van der Waals surface area contributed by atoms with E-state index >= 15 is 0 Å². The maximum atomic E-state index is 11.7. The third kappa shape index (κ3) is 2.70. The van der Waals surface area contributed by atoms with Gasteiger partial charge in [0.1, 0.15) is 11.3 Å². The number of aromatic nitrogens is 3. The van der Waals surface area contributed by atoms with Gasteiger partial charge in [-0.05, 0) is 31.5 Å². The molecule has 0 radical (unpaired) electrons. The van der Waals surface area contributed by atoms with E-state index in [9.17, 15) is 4.79 Å². The van der Waals surface area contributed by atoms with Crippen LogP contribution in [0.3, 0.4) is 0 Å². The molecule has 0 aliphatic rings. The SMILES string of the molecule is CC(=O)C[C@H](c1ccc(C)cc1)n1nnc2ccccc21. The molecule has 0 bridgehead atoms. The van der Waals surface area contributed by atoms with Crippen LogP contribution in [0.15, 0.2) is 48.5 Å². The van der Waals surface area contributed by atoms with Crippen LogP contribution in [0.2, 0.25) is 0 Å². The number of nitrogens with zero attached hydrogens (tertiary/aromatic N) is 3. The Kier molecular flexibility index (Phi) is 3.52. The first-order valence-corrected chi connectivity index (χ1v) is 7.01. The fourth-order valence-electron chi connectivity index (χ4n) is 2.52. The Morgan fingerprint density at radius 3 is 2.57 bits per heavy atom. The van der Waals surface area contributed by atoms with Gasteiger partial charge in [0.2, 0.25) is 0 Å². The lowest BCUT2D eigenvalue weighted by Gasteiger charge is -2.17. The van der Waals surface area contributed by atoms with Crippen molar-refractivity contribution in [2.75, 3.05) is 0 Å². The predicted octanol–water partition coefficient (Wildman–Crippen LogP) is 3.31. The Labute approximate surface area is 123 Å². The van der Waals surface area contributed by atoms with Crippen molar-refractivity contribution < 1.29 is 4.79 Å². The largest absolute Gasteiger partial charge is 0.300 e. The van der Waals surface area contributed by atoms with Gasteiger partial charge in [-0.1, -0.05) is 47.2 Å². The number of Topliss-reactive ketones (excluding diaryl/α,β-unsaturated/α-hetero) is 1. The summed E-state index contributed by atoms with van der Waals surface area (Å²) in [6.45, 7) is 3.66. The van der Waals surface area contributed by atoms with Gasteiger partial charge in [0.15, 0.2) is 0 Å². The number of ketones is 1. The smallest absolute Gasteiger partial charge is 0.132 e. The van der Waals surface area contributed by atoms with E-state index in [2.05, 4.69) is 41.5 Å². The molecule has 0 N–H and O–H groups in total. The highest BCUT2D eigenvalue weighted by molar-refractivity contribution is 5.78. The second kappa shape index (κ2) is 5.48. The Bertz CT molecular complexity index is 774. The molecule has 3 aromatic rings. The number of aryl methyl sites for hydroxylation is 1. The topological polar surface area (TPSA) is 47.8 Å².